The fourth-order valence-electron chi connectivity index (χ4n) is 1.84. The van der Waals surface area contributed by atoms with E-state index in [2.05, 4.69) is 27.4 Å². The third-order valence-corrected chi connectivity index (χ3v) is 2.89. The van der Waals surface area contributed by atoms with Gasteiger partial charge in [0.2, 0.25) is 0 Å². The molecule has 0 fully saturated rings. The summed E-state index contributed by atoms with van der Waals surface area (Å²) in [5, 5.41) is 15.0. The van der Waals surface area contributed by atoms with Crippen LogP contribution in [0.4, 0.5) is 0 Å². The Balaban J connectivity index is 1.90. The Morgan fingerprint density at radius 2 is 2.40 bits per heavy atom. The van der Waals surface area contributed by atoms with Gasteiger partial charge in [0, 0.05) is 37.7 Å². The van der Waals surface area contributed by atoms with E-state index in [0.717, 1.165) is 12.1 Å². The smallest absolute Gasteiger partial charge is 0.188 e. The van der Waals surface area contributed by atoms with Crippen molar-refractivity contribution in [3.63, 3.8) is 0 Å². The van der Waals surface area contributed by atoms with Crippen LogP contribution in [0.25, 0.3) is 0 Å². The van der Waals surface area contributed by atoms with Crippen LogP contribution in [0.1, 0.15) is 18.2 Å². The van der Waals surface area contributed by atoms with Crippen molar-refractivity contribution in [3.8, 4) is 0 Å². The molecule has 0 saturated heterocycles. The minimum absolute atomic E-state index is 0.0123. The molecule has 0 spiro atoms. The summed E-state index contributed by atoms with van der Waals surface area (Å²) in [6, 6.07) is 3.99. The number of nitrogens with two attached hydrogens (primary N) is 1. The van der Waals surface area contributed by atoms with Gasteiger partial charge in [0.05, 0.1) is 6.33 Å². The van der Waals surface area contributed by atoms with Gasteiger partial charge in [-0.3, -0.25) is 4.98 Å². The van der Waals surface area contributed by atoms with Crippen LogP contribution >= 0.6 is 0 Å². The number of hydrogen-bond donors (Lipinski definition) is 3. The first kappa shape index (κ1) is 14.0. The molecule has 7 heteroatoms. The molecule has 2 rings (SSSR count). The van der Waals surface area contributed by atoms with Gasteiger partial charge < -0.3 is 20.8 Å². The summed E-state index contributed by atoms with van der Waals surface area (Å²) in [6.45, 7) is 3.63. The van der Waals surface area contributed by atoms with Crippen LogP contribution in [-0.4, -0.2) is 31.6 Å². The summed E-state index contributed by atoms with van der Waals surface area (Å²) in [4.78, 5) is 8.05. The Kier molecular flexibility index (Phi) is 4.67. The van der Waals surface area contributed by atoms with E-state index < -0.39 is 0 Å². The molecule has 20 heavy (non-hydrogen) atoms. The van der Waals surface area contributed by atoms with Crippen molar-refractivity contribution in [2.24, 2.45) is 10.9 Å². The van der Waals surface area contributed by atoms with Crippen LogP contribution < -0.4 is 11.1 Å². The maximum atomic E-state index is 8.64. The SMILES string of the molecule is CC(Cn1ccnc1)NCc1ccnc(C(N)=NO)c1. The van der Waals surface area contributed by atoms with Gasteiger partial charge in [-0.1, -0.05) is 5.16 Å². The van der Waals surface area contributed by atoms with Crippen LogP contribution in [0, 0.1) is 0 Å². The lowest BCUT2D eigenvalue weighted by molar-refractivity contribution is 0.318. The number of pyridine rings is 1. The largest absolute Gasteiger partial charge is 0.409 e. The van der Waals surface area contributed by atoms with E-state index in [1.165, 1.54) is 0 Å². The molecule has 0 aliphatic carbocycles. The molecule has 2 heterocycles. The normalized spacial score (nSPS) is 13.3. The van der Waals surface area contributed by atoms with Crippen molar-refractivity contribution in [3.05, 3.63) is 48.3 Å². The van der Waals surface area contributed by atoms with Crippen LogP contribution in [0.2, 0.25) is 0 Å². The lowest BCUT2D eigenvalue weighted by atomic mass is 10.2. The quantitative estimate of drug-likeness (QED) is 0.309. The lowest BCUT2D eigenvalue weighted by Crippen LogP contribution is -2.29. The second-order valence-corrected chi connectivity index (χ2v) is 4.58. The van der Waals surface area contributed by atoms with Crippen molar-refractivity contribution in [2.75, 3.05) is 0 Å². The average Bonchev–Trinajstić information content (AvgIpc) is 2.97. The second kappa shape index (κ2) is 6.67. The zero-order valence-electron chi connectivity index (χ0n) is 11.3. The predicted octanol–water partition coefficient (Wildman–Crippen LogP) is 0.551. The molecule has 0 bridgehead atoms. The zero-order chi connectivity index (χ0) is 14.4. The lowest BCUT2D eigenvalue weighted by Gasteiger charge is -2.14. The highest BCUT2D eigenvalue weighted by Crippen LogP contribution is 2.02. The van der Waals surface area contributed by atoms with E-state index >= 15 is 0 Å². The molecule has 0 aromatic carbocycles. The fraction of sp³-hybridized carbons (Fsp3) is 0.308. The van der Waals surface area contributed by atoms with Crippen LogP contribution in [0.3, 0.4) is 0 Å². The second-order valence-electron chi connectivity index (χ2n) is 4.58. The number of imidazole rings is 1. The monoisotopic (exact) mass is 274 g/mol. The van der Waals surface area contributed by atoms with Gasteiger partial charge in [0.1, 0.15) is 5.69 Å². The van der Waals surface area contributed by atoms with E-state index in [4.69, 9.17) is 10.9 Å². The summed E-state index contributed by atoms with van der Waals surface area (Å²) in [5.41, 5.74) is 7.01. The number of amidine groups is 1. The molecule has 1 unspecified atom stereocenters. The third-order valence-electron chi connectivity index (χ3n) is 2.89. The molecule has 2 aromatic heterocycles. The van der Waals surface area contributed by atoms with Crippen LogP contribution in [0.5, 0.6) is 0 Å². The number of aromatic nitrogens is 3. The van der Waals surface area contributed by atoms with E-state index in [0.29, 0.717) is 18.3 Å². The molecular formula is C13H18N6O. The van der Waals surface area contributed by atoms with E-state index in [1.54, 1.807) is 24.8 Å². The average molecular weight is 274 g/mol. The minimum Gasteiger partial charge on any atom is -0.409 e. The van der Waals surface area contributed by atoms with Crippen molar-refractivity contribution in [1.82, 2.24) is 19.9 Å². The Labute approximate surface area is 117 Å². The Bertz CT molecular complexity index is 566. The summed E-state index contributed by atoms with van der Waals surface area (Å²) in [5.74, 6) is 0.0123. The molecule has 0 amide bonds. The van der Waals surface area contributed by atoms with Gasteiger partial charge in [-0.2, -0.15) is 0 Å². The third kappa shape index (κ3) is 3.79. The predicted molar refractivity (Wildman–Crippen MR) is 75.3 cm³/mol. The Morgan fingerprint density at radius 3 is 3.10 bits per heavy atom. The molecule has 4 N–H and O–H groups in total. The van der Waals surface area contributed by atoms with Crippen molar-refractivity contribution >= 4 is 5.84 Å². The fourth-order valence-corrected chi connectivity index (χ4v) is 1.84. The Morgan fingerprint density at radius 1 is 1.55 bits per heavy atom. The standard InChI is InChI=1S/C13H18N6O/c1-10(8-19-5-4-15-9-19)17-7-11-2-3-16-12(6-11)13(14)18-20/h2-6,9-10,17,20H,7-8H2,1H3,(H2,14,18). The molecule has 0 aliphatic rings. The van der Waals surface area contributed by atoms with Gasteiger partial charge in [0.15, 0.2) is 5.84 Å². The number of nitrogens with zero attached hydrogens (tertiary/aromatic N) is 4. The van der Waals surface area contributed by atoms with E-state index in [-0.39, 0.29) is 5.84 Å². The first-order chi connectivity index (χ1) is 9.69. The first-order valence-electron chi connectivity index (χ1n) is 6.31. The highest BCUT2D eigenvalue weighted by molar-refractivity contribution is 5.95. The molecule has 7 nitrogen and oxygen atoms in total. The van der Waals surface area contributed by atoms with E-state index in [1.807, 2.05) is 16.8 Å². The maximum Gasteiger partial charge on any atom is 0.188 e. The summed E-state index contributed by atoms with van der Waals surface area (Å²) in [7, 11) is 0. The summed E-state index contributed by atoms with van der Waals surface area (Å²) >= 11 is 0. The molecule has 1 atom stereocenters. The molecular weight excluding hydrogens is 256 g/mol. The number of nitrogens with one attached hydrogen (secondary N) is 1. The number of rotatable bonds is 6. The highest BCUT2D eigenvalue weighted by Gasteiger charge is 2.05. The van der Waals surface area contributed by atoms with Gasteiger partial charge in [-0.25, -0.2) is 4.98 Å². The topological polar surface area (TPSA) is 101 Å². The molecule has 0 radical (unpaired) electrons. The van der Waals surface area contributed by atoms with Crippen LogP contribution in [-0.2, 0) is 13.1 Å². The van der Waals surface area contributed by atoms with Gasteiger partial charge in [0.25, 0.3) is 0 Å². The van der Waals surface area contributed by atoms with Gasteiger partial charge in [-0.05, 0) is 24.6 Å². The Hall–Kier alpha value is -2.41. The molecule has 106 valence electrons. The maximum absolute atomic E-state index is 8.64. The van der Waals surface area contributed by atoms with Crippen molar-refractivity contribution in [1.29, 1.82) is 0 Å². The van der Waals surface area contributed by atoms with E-state index in [9.17, 15) is 0 Å². The van der Waals surface area contributed by atoms with Crippen molar-refractivity contribution < 1.29 is 5.21 Å². The summed E-state index contributed by atoms with van der Waals surface area (Å²) < 4.78 is 2.02. The highest BCUT2D eigenvalue weighted by atomic mass is 16.4. The number of hydrogen-bond acceptors (Lipinski definition) is 5. The number of oxime groups is 1. The molecule has 0 saturated carbocycles. The van der Waals surface area contributed by atoms with Gasteiger partial charge in [-0.15, -0.1) is 0 Å². The zero-order valence-corrected chi connectivity index (χ0v) is 11.3. The van der Waals surface area contributed by atoms with Crippen molar-refractivity contribution in [2.45, 2.75) is 26.1 Å². The molecule has 2 aromatic rings. The summed E-state index contributed by atoms with van der Waals surface area (Å²) in [6.07, 6.45) is 7.13. The molecule has 0 aliphatic heterocycles. The van der Waals surface area contributed by atoms with Crippen LogP contribution in [0.15, 0.2) is 42.2 Å². The minimum atomic E-state index is 0.0123. The van der Waals surface area contributed by atoms with Gasteiger partial charge >= 0.3 is 0 Å². The first-order valence-corrected chi connectivity index (χ1v) is 6.31.